The molecule has 138 valence electrons. The summed E-state index contributed by atoms with van der Waals surface area (Å²) in [4.78, 5) is 28.7. The Morgan fingerprint density at radius 2 is 1.77 bits per heavy atom. The van der Waals surface area contributed by atoms with Gasteiger partial charge in [-0.1, -0.05) is 0 Å². The maximum Gasteiger partial charge on any atom is 0.290 e. The van der Waals surface area contributed by atoms with Crippen LogP contribution in [0.3, 0.4) is 0 Å². The molecule has 2 amide bonds. The minimum atomic E-state index is -0.573. The molecule has 0 saturated carbocycles. The van der Waals surface area contributed by atoms with E-state index in [1.165, 1.54) is 12.0 Å². The molecule has 1 aliphatic heterocycles. The first-order valence-electron chi connectivity index (χ1n) is 8.26. The summed E-state index contributed by atoms with van der Waals surface area (Å²) in [7, 11) is 3.06. The van der Waals surface area contributed by atoms with Crippen molar-refractivity contribution in [2.45, 2.75) is 19.4 Å². The predicted molar refractivity (Wildman–Crippen MR) is 95.7 cm³/mol. The van der Waals surface area contributed by atoms with E-state index in [1.807, 2.05) is 38.1 Å². The summed E-state index contributed by atoms with van der Waals surface area (Å²) in [5.74, 6) is 0.654. The molecule has 0 spiro atoms. The number of hydrogen-bond acceptors (Lipinski definition) is 5. The average molecular weight is 358 g/mol. The van der Waals surface area contributed by atoms with Crippen LogP contribution in [0.25, 0.3) is 0 Å². The molecular weight excluding hydrogens is 336 g/mol. The molecule has 26 heavy (non-hydrogen) atoms. The van der Waals surface area contributed by atoms with Crippen LogP contribution in [0.2, 0.25) is 0 Å². The van der Waals surface area contributed by atoms with E-state index in [9.17, 15) is 9.59 Å². The van der Waals surface area contributed by atoms with E-state index in [-0.39, 0.29) is 30.1 Å². The molecule has 3 rings (SSSR count). The third kappa shape index (κ3) is 3.24. The number of carbonyl (C=O) groups excluding carboxylic acids is 2. The van der Waals surface area contributed by atoms with Gasteiger partial charge in [-0.2, -0.15) is 0 Å². The van der Waals surface area contributed by atoms with Gasteiger partial charge in [0.15, 0.2) is 5.76 Å². The molecule has 0 atom stereocenters. The van der Waals surface area contributed by atoms with Crippen LogP contribution >= 0.6 is 0 Å². The van der Waals surface area contributed by atoms with Crippen molar-refractivity contribution in [1.82, 2.24) is 4.90 Å². The number of benzene rings is 1. The molecule has 1 fully saturated rings. The number of carbonyl (C=O) groups is 2. The zero-order chi connectivity index (χ0) is 18.9. The fourth-order valence-electron chi connectivity index (χ4n) is 3.23. The fourth-order valence-corrected chi connectivity index (χ4v) is 3.23. The number of furan rings is 1. The minimum Gasteiger partial charge on any atom is -0.497 e. The lowest BCUT2D eigenvalue weighted by atomic mass is 9.97. The second-order valence-corrected chi connectivity index (χ2v) is 6.72. The molecule has 0 unspecified atom stereocenters. The van der Waals surface area contributed by atoms with Gasteiger partial charge in [0.2, 0.25) is 5.91 Å². The highest BCUT2D eigenvalue weighted by atomic mass is 16.6. The molecule has 0 radical (unpaired) electrons. The Labute approximate surface area is 152 Å². The van der Waals surface area contributed by atoms with Crippen LogP contribution < -0.4 is 14.4 Å². The van der Waals surface area contributed by atoms with Gasteiger partial charge in [-0.15, -0.1) is 0 Å². The van der Waals surface area contributed by atoms with Gasteiger partial charge in [0.1, 0.15) is 12.3 Å². The number of methoxy groups -OCH3 is 2. The first-order chi connectivity index (χ1) is 12.4. The van der Waals surface area contributed by atoms with Gasteiger partial charge in [-0.25, -0.2) is 0 Å². The number of ether oxygens (including phenoxy) is 2. The van der Waals surface area contributed by atoms with Crippen LogP contribution in [-0.4, -0.2) is 49.6 Å². The molecule has 2 heterocycles. The molecule has 0 N–H and O–H groups in total. The van der Waals surface area contributed by atoms with E-state index in [4.69, 9.17) is 13.9 Å². The van der Waals surface area contributed by atoms with Crippen LogP contribution in [0.1, 0.15) is 24.4 Å². The van der Waals surface area contributed by atoms with Gasteiger partial charge in [0.25, 0.3) is 11.9 Å². The lowest BCUT2D eigenvalue weighted by Gasteiger charge is -2.46. The van der Waals surface area contributed by atoms with E-state index >= 15 is 0 Å². The van der Waals surface area contributed by atoms with Crippen LogP contribution in [-0.2, 0) is 4.79 Å². The van der Waals surface area contributed by atoms with Crippen LogP contribution in [0.5, 0.6) is 11.7 Å². The summed E-state index contributed by atoms with van der Waals surface area (Å²) >= 11 is 0. The van der Waals surface area contributed by atoms with Crippen molar-refractivity contribution in [3.8, 4) is 11.7 Å². The van der Waals surface area contributed by atoms with Crippen LogP contribution in [0.4, 0.5) is 5.69 Å². The Bertz CT molecular complexity index is 810. The van der Waals surface area contributed by atoms with Gasteiger partial charge in [0.05, 0.1) is 19.8 Å². The van der Waals surface area contributed by atoms with Crippen molar-refractivity contribution in [2.24, 2.45) is 0 Å². The molecule has 7 nitrogen and oxygen atoms in total. The topological polar surface area (TPSA) is 72.2 Å². The number of rotatable bonds is 4. The summed E-state index contributed by atoms with van der Waals surface area (Å²) in [5.41, 5.74) is 0.198. The number of amides is 2. The largest absolute Gasteiger partial charge is 0.497 e. The number of piperazine rings is 1. The fraction of sp³-hybridized carbons (Fsp3) is 0.368. The van der Waals surface area contributed by atoms with Crippen molar-refractivity contribution in [2.75, 3.05) is 32.2 Å². The predicted octanol–water partition coefficient (Wildman–Crippen LogP) is 2.56. The van der Waals surface area contributed by atoms with Gasteiger partial charge in [-0.05, 0) is 44.2 Å². The van der Waals surface area contributed by atoms with Gasteiger partial charge < -0.3 is 23.7 Å². The Balaban J connectivity index is 1.82. The quantitative estimate of drug-likeness (QED) is 0.840. The standard InChI is InChI=1S/C19H22N2O5/c1-19(2)12-20(18(23)15-9-10-17(25-4)26-15)11-16(22)21(19)13-5-7-14(24-3)8-6-13/h5-10H,11-12H2,1-4H3. The molecule has 1 saturated heterocycles. The molecule has 1 aromatic heterocycles. The van der Waals surface area contributed by atoms with Crippen molar-refractivity contribution in [3.63, 3.8) is 0 Å². The van der Waals surface area contributed by atoms with Crippen molar-refractivity contribution in [3.05, 3.63) is 42.2 Å². The van der Waals surface area contributed by atoms with E-state index in [0.717, 1.165) is 11.4 Å². The van der Waals surface area contributed by atoms with E-state index in [0.29, 0.717) is 6.54 Å². The highest BCUT2D eigenvalue weighted by Crippen LogP contribution is 2.31. The zero-order valence-corrected chi connectivity index (χ0v) is 15.3. The number of anilines is 1. The van der Waals surface area contributed by atoms with Gasteiger partial charge in [0, 0.05) is 18.3 Å². The molecule has 1 aromatic carbocycles. The van der Waals surface area contributed by atoms with Crippen molar-refractivity contribution < 1.29 is 23.5 Å². The van der Waals surface area contributed by atoms with Gasteiger partial charge in [-0.3, -0.25) is 9.59 Å². The molecular formula is C19H22N2O5. The average Bonchev–Trinajstić information content (AvgIpc) is 3.09. The summed E-state index contributed by atoms with van der Waals surface area (Å²) in [6.07, 6.45) is 0. The highest BCUT2D eigenvalue weighted by Gasteiger charge is 2.41. The van der Waals surface area contributed by atoms with E-state index < -0.39 is 5.54 Å². The lowest BCUT2D eigenvalue weighted by Crippen LogP contribution is -2.63. The zero-order valence-electron chi connectivity index (χ0n) is 15.3. The number of nitrogens with zero attached hydrogens (tertiary/aromatic N) is 2. The van der Waals surface area contributed by atoms with E-state index in [1.54, 1.807) is 24.1 Å². The SMILES string of the molecule is COc1ccc(N2C(=O)CN(C(=O)c3ccc(OC)o3)CC2(C)C)cc1. The first-order valence-corrected chi connectivity index (χ1v) is 8.26. The number of hydrogen-bond donors (Lipinski definition) is 0. The second kappa shape index (κ2) is 6.74. The normalized spacial score (nSPS) is 16.5. The molecule has 2 aromatic rings. The van der Waals surface area contributed by atoms with Crippen LogP contribution in [0.15, 0.2) is 40.8 Å². The monoisotopic (exact) mass is 358 g/mol. The van der Waals surface area contributed by atoms with Crippen LogP contribution in [0, 0.1) is 0 Å². The molecule has 7 heteroatoms. The summed E-state index contributed by atoms with van der Waals surface area (Å²) < 4.78 is 15.5. The lowest BCUT2D eigenvalue weighted by molar-refractivity contribution is -0.122. The second-order valence-electron chi connectivity index (χ2n) is 6.72. The Kier molecular flexibility index (Phi) is 4.63. The van der Waals surface area contributed by atoms with Crippen molar-refractivity contribution in [1.29, 1.82) is 0 Å². The van der Waals surface area contributed by atoms with E-state index in [2.05, 4.69) is 0 Å². The first kappa shape index (κ1) is 17.8. The maximum absolute atomic E-state index is 12.8. The summed E-state index contributed by atoms with van der Waals surface area (Å²) in [5, 5.41) is 0. The minimum absolute atomic E-state index is 0.0166. The molecule has 0 bridgehead atoms. The molecule has 0 aliphatic carbocycles. The molecule has 1 aliphatic rings. The summed E-state index contributed by atoms with van der Waals surface area (Å²) in [6.45, 7) is 4.22. The Morgan fingerprint density at radius 3 is 2.31 bits per heavy atom. The Morgan fingerprint density at radius 1 is 1.08 bits per heavy atom. The van der Waals surface area contributed by atoms with Gasteiger partial charge >= 0.3 is 0 Å². The Hall–Kier alpha value is -2.96. The smallest absolute Gasteiger partial charge is 0.290 e. The summed E-state index contributed by atoms with van der Waals surface area (Å²) in [6, 6.07) is 10.4. The van der Waals surface area contributed by atoms with Crippen molar-refractivity contribution >= 4 is 17.5 Å². The third-order valence-corrected chi connectivity index (χ3v) is 4.37. The maximum atomic E-state index is 12.8. The third-order valence-electron chi connectivity index (χ3n) is 4.37. The highest BCUT2D eigenvalue weighted by molar-refractivity contribution is 6.01.